The van der Waals surface area contributed by atoms with Gasteiger partial charge < -0.3 is 10.6 Å². The second-order valence-electron chi connectivity index (χ2n) is 6.19. The zero-order valence-corrected chi connectivity index (χ0v) is 13.2. The van der Waals surface area contributed by atoms with Crippen LogP contribution in [0.5, 0.6) is 0 Å². The number of rotatable bonds is 5. The second kappa shape index (κ2) is 7.09. The summed E-state index contributed by atoms with van der Waals surface area (Å²) in [6, 6.07) is 6.63. The lowest BCUT2D eigenvalue weighted by atomic mass is 10.1. The molecular formula is C17H29N3. The minimum atomic E-state index is 0.715. The highest BCUT2D eigenvalue weighted by Gasteiger charge is 2.19. The van der Waals surface area contributed by atoms with E-state index in [2.05, 4.69) is 48.8 Å². The maximum Gasteiger partial charge on any atom is 0.0399 e. The van der Waals surface area contributed by atoms with Crippen LogP contribution in [0.25, 0.3) is 0 Å². The van der Waals surface area contributed by atoms with Gasteiger partial charge in [-0.25, -0.2) is 0 Å². The van der Waals surface area contributed by atoms with Crippen LogP contribution in [0.4, 0.5) is 5.69 Å². The molecule has 1 aliphatic heterocycles. The van der Waals surface area contributed by atoms with Crippen molar-refractivity contribution in [2.75, 3.05) is 44.2 Å². The number of benzene rings is 1. The molecule has 3 nitrogen and oxygen atoms in total. The zero-order chi connectivity index (χ0) is 14.5. The van der Waals surface area contributed by atoms with Crippen molar-refractivity contribution in [2.45, 2.75) is 27.2 Å². The fourth-order valence-corrected chi connectivity index (χ4v) is 3.07. The summed E-state index contributed by atoms with van der Waals surface area (Å²) in [5.41, 5.74) is 9.87. The van der Waals surface area contributed by atoms with Gasteiger partial charge in [-0.1, -0.05) is 19.1 Å². The third-order valence-electron chi connectivity index (χ3n) is 4.52. The maximum atomic E-state index is 5.64. The summed E-state index contributed by atoms with van der Waals surface area (Å²) in [7, 11) is 0. The summed E-state index contributed by atoms with van der Waals surface area (Å²) in [6.07, 6.45) is 1.14. The molecule has 0 amide bonds. The average Bonchev–Trinajstić information content (AvgIpc) is 2.43. The fourth-order valence-electron chi connectivity index (χ4n) is 3.07. The lowest BCUT2D eigenvalue weighted by molar-refractivity contribution is 0.221. The molecule has 2 rings (SSSR count). The van der Waals surface area contributed by atoms with E-state index in [0.717, 1.165) is 26.1 Å². The molecule has 0 aliphatic carbocycles. The molecule has 1 aromatic rings. The van der Waals surface area contributed by atoms with Gasteiger partial charge in [0.05, 0.1) is 0 Å². The number of hydrogen-bond donors (Lipinski definition) is 1. The number of anilines is 1. The van der Waals surface area contributed by atoms with Gasteiger partial charge >= 0.3 is 0 Å². The van der Waals surface area contributed by atoms with Crippen LogP contribution in [0.15, 0.2) is 18.2 Å². The molecule has 1 unspecified atom stereocenters. The molecule has 0 radical (unpaired) electrons. The van der Waals surface area contributed by atoms with E-state index in [0.29, 0.717) is 5.92 Å². The number of nitrogens with two attached hydrogens (primary N) is 1. The monoisotopic (exact) mass is 275 g/mol. The Morgan fingerprint density at radius 1 is 1.15 bits per heavy atom. The van der Waals surface area contributed by atoms with E-state index in [1.54, 1.807) is 0 Å². The van der Waals surface area contributed by atoms with Gasteiger partial charge in [0, 0.05) is 38.4 Å². The van der Waals surface area contributed by atoms with Crippen molar-refractivity contribution in [2.24, 2.45) is 11.7 Å². The summed E-state index contributed by atoms with van der Waals surface area (Å²) in [4.78, 5) is 5.12. The van der Waals surface area contributed by atoms with Gasteiger partial charge in [-0.2, -0.15) is 0 Å². The maximum absolute atomic E-state index is 5.64. The minimum Gasteiger partial charge on any atom is -0.369 e. The van der Waals surface area contributed by atoms with Crippen LogP contribution in [-0.2, 0) is 0 Å². The summed E-state index contributed by atoms with van der Waals surface area (Å²) in [6.45, 7) is 13.4. The third-order valence-corrected chi connectivity index (χ3v) is 4.52. The Balaban J connectivity index is 1.89. The topological polar surface area (TPSA) is 32.5 Å². The van der Waals surface area contributed by atoms with Crippen molar-refractivity contribution in [1.29, 1.82) is 0 Å². The van der Waals surface area contributed by atoms with Crippen LogP contribution in [-0.4, -0.2) is 44.2 Å². The Morgan fingerprint density at radius 3 is 2.50 bits per heavy atom. The number of aryl methyl sites for hydroxylation is 1. The van der Waals surface area contributed by atoms with E-state index >= 15 is 0 Å². The predicted octanol–water partition coefficient (Wildman–Crippen LogP) is 2.41. The molecule has 1 heterocycles. The van der Waals surface area contributed by atoms with Gasteiger partial charge in [-0.3, -0.25) is 4.90 Å². The molecule has 2 N–H and O–H groups in total. The first-order chi connectivity index (χ1) is 9.61. The van der Waals surface area contributed by atoms with Crippen molar-refractivity contribution < 1.29 is 0 Å². The lowest BCUT2D eigenvalue weighted by Gasteiger charge is -2.38. The number of piperazine rings is 1. The van der Waals surface area contributed by atoms with Crippen molar-refractivity contribution >= 4 is 5.69 Å². The van der Waals surface area contributed by atoms with Crippen molar-refractivity contribution in [3.8, 4) is 0 Å². The molecule has 20 heavy (non-hydrogen) atoms. The van der Waals surface area contributed by atoms with E-state index in [-0.39, 0.29) is 0 Å². The Morgan fingerprint density at radius 2 is 1.85 bits per heavy atom. The van der Waals surface area contributed by atoms with Crippen molar-refractivity contribution in [3.63, 3.8) is 0 Å². The van der Waals surface area contributed by atoms with E-state index in [1.165, 1.54) is 36.4 Å². The van der Waals surface area contributed by atoms with Crippen molar-refractivity contribution in [3.05, 3.63) is 29.3 Å². The minimum absolute atomic E-state index is 0.715. The van der Waals surface area contributed by atoms with Gasteiger partial charge in [-0.15, -0.1) is 0 Å². The molecular weight excluding hydrogens is 246 g/mol. The van der Waals surface area contributed by atoms with Gasteiger partial charge in [0.2, 0.25) is 0 Å². The highest BCUT2D eigenvalue weighted by molar-refractivity contribution is 5.56. The summed E-state index contributed by atoms with van der Waals surface area (Å²) in [5.74, 6) is 0.715. The molecule has 0 aromatic heterocycles. The molecule has 1 saturated heterocycles. The Bertz CT molecular complexity index is 422. The molecule has 1 fully saturated rings. The quantitative estimate of drug-likeness (QED) is 0.895. The van der Waals surface area contributed by atoms with Crippen LogP contribution in [0, 0.1) is 19.8 Å². The van der Waals surface area contributed by atoms with Crippen LogP contribution >= 0.6 is 0 Å². The Kier molecular flexibility index (Phi) is 5.44. The summed E-state index contributed by atoms with van der Waals surface area (Å²) >= 11 is 0. The van der Waals surface area contributed by atoms with Crippen LogP contribution in [0.1, 0.15) is 24.5 Å². The van der Waals surface area contributed by atoms with E-state index in [9.17, 15) is 0 Å². The zero-order valence-electron chi connectivity index (χ0n) is 13.2. The Hall–Kier alpha value is -1.06. The second-order valence-corrected chi connectivity index (χ2v) is 6.19. The van der Waals surface area contributed by atoms with Gasteiger partial charge in [0.1, 0.15) is 0 Å². The largest absolute Gasteiger partial charge is 0.369 e. The fraction of sp³-hybridized carbons (Fsp3) is 0.647. The molecule has 1 aliphatic rings. The van der Waals surface area contributed by atoms with Crippen molar-refractivity contribution in [1.82, 2.24) is 4.90 Å². The first kappa shape index (κ1) is 15.3. The first-order valence-corrected chi connectivity index (χ1v) is 7.85. The lowest BCUT2D eigenvalue weighted by Crippen LogP contribution is -2.48. The smallest absolute Gasteiger partial charge is 0.0399 e. The van der Waals surface area contributed by atoms with E-state index in [4.69, 9.17) is 5.73 Å². The molecule has 112 valence electrons. The first-order valence-electron chi connectivity index (χ1n) is 7.85. The van der Waals surface area contributed by atoms with Crippen LogP contribution < -0.4 is 10.6 Å². The van der Waals surface area contributed by atoms with Gasteiger partial charge in [0.25, 0.3) is 0 Å². The highest BCUT2D eigenvalue weighted by atomic mass is 15.3. The van der Waals surface area contributed by atoms with Gasteiger partial charge in [0.15, 0.2) is 0 Å². The van der Waals surface area contributed by atoms with Gasteiger partial charge in [-0.05, 0) is 49.9 Å². The standard InChI is InChI=1S/C17H29N3/c1-14(7-8-18)13-19-9-11-20(12-10-19)17-6-4-5-15(2)16(17)3/h4-6,14H,7-13,18H2,1-3H3. The molecule has 1 atom stereocenters. The molecule has 3 heteroatoms. The van der Waals surface area contributed by atoms with Crippen LogP contribution in [0.2, 0.25) is 0 Å². The van der Waals surface area contributed by atoms with E-state index < -0.39 is 0 Å². The highest BCUT2D eigenvalue weighted by Crippen LogP contribution is 2.24. The Labute approximate surface area is 123 Å². The molecule has 0 spiro atoms. The SMILES string of the molecule is Cc1cccc(N2CCN(CC(C)CCN)CC2)c1C. The predicted molar refractivity (Wildman–Crippen MR) is 87.4 cm³/mol. The van der Waals surface area contributed by atoms with Crippen LogP contribution in [0.3, 0.4) is 0 Å². The molecule has 0 saturated carbocycles. The number of hydrogen-bond acceptors (Lipinski definition) is 3. The average molecular weight is 275 g/mol. The third kappa shape index (κ3) is 3.74. The van der Waals surface area contributed by atoms with E-state index in [1.807, 2.05) is 0 Å². The normalized spacial score (nSPS) is 18.3. The summed E-state index contributed by atoms with van der Waals surface area (Å²) < 4.78 is 0. The summed E-state index contributed by atoms with van der Waals surface area (Å²) in [5, 5.41) is 0. The number of nitrogens with zero attached hydrogens (tertiary/aromatic N) is 2. The molecule has 0 bridgehead atoms. The molecule has 1 aromatic carbocycles.